The average molecular weight is 341 g/mol. The summed E-state index contributed by atoms with van der Waals surface area (Å²) in [6.45, 7) is 2.74. The van der Waals surface area contributed by atoms with Gasteiger partial charge in [-0.2, -0.15) is 0 Å². The van der Waals surface area contributed by atoms with Crippen molar-refractivity contribution in [1.29, 1.82) is 0 Å². The average Bonchev–Trinajstić information content (AvgIpc) is 2.66. The third-order valence-corrected chi connectivity index (χ3v) is 4.61. The van der Waals surface area contributed by atoms with Crippen molar-refractivity contribution in [3.05, 3.63) is 53.6 Å². The molecule has 0 saturated heterocycles. The molecule has 0 aromatic heterocycles. The van der Waals surface area contributed by atoms with E-state index in [1.807, 2.05) is 54.3 Å². The van der Waals surface area contributed by atoms with Crippen LogP contribution in [0.25, 0.3) is 0 Å². The molecule has 1 atom stereocenters. The normalized spacial score (nSPS) is 16.1. The van der Waals surface area contributed by atoms with E-state index in [1.165, 1.54) is 5.56 Å². The number of para-hydroxylation sites is 1. The quantitative estimate of drug-likeness (QED) is 0.838. The van der Waals surface area contributed by atoms with E-state index in [0.717, 1.165) is 17.7 Å². The van der Waals surface area contributed by atoms with Gasteiger partial charge < -0.3 is 19.1 Å². The number of hydrogen-bond acceptors (Lipinski definition) is 4. The number of fused-ring (bicyclic) bond motifs is 1. The molecular formula is C20H23NO4. The lowest BCUT2D eigenvalue weighted by molar-refractivity contribution is -0.136. The summed E-state index contributed by atoms with van der Waals surface area (Å²) in [5.41, 5.74) is 2.29. The van der Waals surface area contributed by atoms with E-state index in [-0.39, 0.29) is 18.6 Å². The number of nitrogens with zero attached hydrogens (tertiary/aromatic N) is 1. The Balaban J connectivity index is 1.74. The molecule has 5 heteroatoms. The third-order valence-electron chi connectivity index (χ3n) is 4.61. The maximum absolute atomic E-state index is 12.6. The first-order valence-electron chi connectivity index (χ1n) is 8.36. The van der Waals surface area contributed by atoms with E-state index in [4.69, 9.17) is 14.2 Å². The Hall–Kier alpha value is -2.69. The fourth-order valence-electron chi connectivity index (χ4n) is 3.23. The Morgan fingerprint density at radius 2 is 1.80 bits per heavy atom. The second-order valence-electron chi connectivity index (χ2n) is 6.02. The summed E-state index contributed by atoms with van der Waals surface area (Å²) in [7, 11) is 3.25. The highest BCUT2D eigenvalue weighted by Gasteiger charge is 2.29. The number of benzene rings is 2. The molecule has 0 radical (unpaired) electrons. The lowest BCUT2D eigenvalue weighted by atomic mass is 9.92. The van der Waals surface area contributed by atoms with Gasteiger partial charge in [0.2, 0.25) is 0 Å². The van der Waals surface area contributed by atoms with Gasteiger partial charge in [-0.05, 0) is 48.7 Å². The Morgan fingerprint density at radius 1 is 1.12 bits per heavy atom. The van der Waals surface area contributed by atoms with Crippen LogP contribution < -0.4 is 14.2 Å². The monoisotopic (exact) mass is 341 g/mol. The van der Waals surface area contributed by atoms with Crippen LogP contribution in [-0.4, -0.2) is 38.2 Å². The Morgan fingerprint density at radius 3 is 2.48 bits per heavy atom. The predicted molar refractivity (Wildman–Crippen MR) is 95.3 cm³/mol. The topological polar surface area (TPSA) is 48.0 Å². The van der Waals surface area contributed by atoms with Crippen LogP contribution in [0.2, 0.25) is 0 Å². The summed E-state index contributed by atoms with van der Waals surface area (Å²) in [6.07, 6.45) is 0.789. The first-order chi connectivity index (χ1) is 12.1. The zero-order valence-electron chi connectivity index (χ0n) is 14.8. The van der Waals surface area contributed by atoms with Gasteiger partial charge in [0.05, 0.1) is 20.3 Å². The van der Waals surface area contributed by atoms with E-state index < -0.39 is 0 Å². The Kier molecular flexibility index (Phi) is 5.12. The molecule has 0 N–H and O–H groups in total. The number of ether oxygens (including phenoxy) is 3. The maximum atomic E-state index is 12.6. The maximum Gasteiger partial charge on any atom is 0.261 e. The highest BCUT2D eigenvalue weighted by molar-refractivity contribution is 5.78. The molecule has 2 aromatic rings. The van der Waals surface area contributed by atoms with Gasteiger partial charge in [0, 0.05) is 6.54 Å². The lowest BCUT2D eigenvalue weighted by Gasteiger charge is -2.35. The molecule has 1 aliphatic heterocycles. The molecule has 1 heterocycles. The van der Waals surface area contributed by atoms with Crippen molar-refractivity contribution in [3.8, 4) is 17.2 Å². The number of carbonyl (C=O) groups excluding carboxylic acids is 1. The molecule has 0 saturated carbocycles. The first-order valence-corrected chi connectivity index (χ1v) is 8.36. The highest BCUT2D eigenvalue weighted by Crippen LogP contribution is 2.37. The van der Waals surface area contributed by atoms with Crippen LogP contribution in [0.5, 0.6) is 17.2 Å². The van der Waals surface area contributed by atoms with Gasteiger partial charge >= 0.3 is 0 Å². The van der Waals surface area contributed by atoms with Gasteiger partial charge in [0.25, 0.3) is 5.91 Å². The van der Waals surface area contributed by atoms with E-state index in [9.17, 15) is 4.79 Å². The van der Waals surface area contributed by atoms with Crippen molar-refractivity contribution < 1.29 is 19.0 Å². The van der Waals surface area contributed by atoms with Crippen molar-refractivity contribution in [2.45, 2.75) is 19.4 Å². The minimum Gasteiger partial charge on any atom is -0.493 e. The third kappa shape index (κ3) is 3.55. The largest absolute Gasteiger partial charge is 0.493 e. The number of rotatable bonds is 5. The van der Waals surface area contributed by atoms with E-state index >= 15 is 0 Å². The molecule has 0 fully saturated rings. The highest BCUT2D eigenvalue weighted by atomic mass is 16.5. The fourth-order valence-corrected chi connectivity index (χ4v) is 3.23. The molecule has 1 amide bonds. The van der Waals surface area contributed by atoms with E-state index in [0.29, 0.717) is 18.0 Å². The summed E-state index contributed by atoms with van der Waals surface area (Å²) < 4.78 is 16.4. The standard InChI is InChI=1S/C20H23NO4/c1-14-17-12-19(24-3)18(23-2)11-15(17)9-10-21(14)20(22)13-25-16-7-5-4-6-8-16/h4-8,11-12,14H,9-10,13H2,1-3H3/t14-/m1/s1. The van der Waals surface area contributed by atoms with Crippen LogP contribution in [0.15, 0.2) is 42.5 Å². The Bertz CT molecular complexity index is 745. The smallest absolute Gasteiger partial charge is 0.261 e. The Labute approximate surface area is 148 Å². The molecule has 0 bridgehead atoms. The zero-order valence-corrected chi connectivity index (χ0v) is 14.8. The van der Waals surface area contributed by atoms with Crippen LogP contribution in [-0.2, 0) is 11.2 Å². The van der Waals surface area contributed by atoms with Gasteiger partial charge in [-0.25, -0.2) is 0 Å². The minimum absolute atomic E-state index is 0.0169. The van der Waals surface area contributed by atoms with Crippen LogP contribution in [0, 0.1) is 0 Å². The van der Waals surface area contributed by atoms with Crippen molar-refractivity contribution >= 4 is 5.91 Å². The van der Waals surface area contributed by atoms with Gasteiger partial charge in [0.1, 0.15) is 5.75 Å². The zero-order chi connectivity index (χ0) is 17.8. The predicted octanol–water partition coefficient (Wildman–Crippen LogP) is 3.23. The van der Waals surface area contributed by atoms with E-state index in [2.05, 4.69) is 0 Å². The summed E-state index contributed by atoms with van der Waals surface area (Å²) in [6, 6.07) is 13.3. The molecule has 25 heavy (non-hydrogen) atoms. The molecule has 0 unspecified atom stereocenters. The van der Waals surface area contributed by atoms with Crippen molar-refractivity contribution in [2.75, 3.05) is 27.4 Å². The summed E-state index contributed by atoms with van der Waals surface area (Å²) in [4.78, 5) is 14.5. The van der Waals surface area contributed by atoms with Crippen molar-refractivity contribution in [1.82, 2.24) is 4.90 Å². The SMILES string of the molecule is COc1cc2c(cc1OC)[C@@H](C)N(C(=O)COc1ccccc1)CC2. The van der Waals surface area contributed by atoms with Gasteiger partial charge in [-0.15, -0.1) is 0 Å². The molecule has 2 aromatic carbocycles. The fraction of sp³-hybridized carbons (Fsp3) is 0.350. The molecule has 3 rings (SSSR count). The number of carbonyl (C=O) groups is 1. The number of methoxy groups -OCH3 is 2. The number of amides is 1. The molecular weight excluding hydrogens is 318 g/mol. The second-order valence-corrected chi connectivity index (χ2v) is 6.02. The lowest BCUT2D eigenvalue weighted by Crippen LogP contribution is -2.41. The van der Waals surface area contributed by atoms with Crippen molar-refractivity contribution in [3.63, 3.8) is 0 Å². The summed E-state index contributed by atoms with van der Waals surface area (Å²) in [5, 5.41) is 0. The molecule has 0 spiro atoms. The van der Waals surface area contributed by atoms with Crippen LogP contribution >= 0.6 is 0 Å². The molecule has 0 aliphatic carbocycles. The van der Waals surface area contributed by atoms with Crippen LogP contribution in [0.4, 0.5) is 0 Å². The van der Waals surface area contributed by atoms with Gasteiger partial charge in [0.15, 0.2) is 18.1 Å². The second kappa shape index (κ2) is 7.47. The van der Waals surface area contributed by atoms with Crippen LogP contribution in [0.1, 0.15) is 24.1 Å². The first kappa shape index (κ1) is 17.1. The summed E-state index contributed by atoms with van der Waals surface area (Å²) >= 11 is 0. The summed E-state index contributed by atoms with van der Waals surface area (Å²) in [5.74, 6) is 2.09. The van der Waals surface area contributed by atoms with E-state index in [1.54, 1.807) is 14.2 Å². The minimum atomic E-state index is -0.0320. The van der Waals surface area contributed by atoms with Crippen LogP contribution in [0.3, 0.4) is 0 Å². The molecule has 5 nitrogen and oxygen atoms in total. The van der Waals surface area contributed by atoms with Gasteiger partial charge in [-0.3, -0.25) is 4.79 Å². The molecule has 1 aliphatic rings. The number of hydrogen-bond donors (Lipinski definition) is 0. The van der Waals surface area contributed by atoms with Gasteiger partial charge in [-0.1, -0.05) is 18.2 Å². The molecule has 132 valence electrons. The van der Waals surface area contributed by atoms with Crippen molar-refractivity contribution in [2.24, 2.45) is 0 Å².